The van der Waals surface area contributed by atoms with Crippen LogP contribution in [0.3, 0.4) is 0 Å². The minimum Gasteiger partial charge on any atom is -0.357 e. The van der Waals surface area contributed by atoms with Crippen molar-refractivity contribution in [2.24, 2.45) is 4.99 Å². The summed E-state index contributed by atoms with van der Waals surface area (Å²) in [5.41, 5.74) is 2.57. The number of rotatable bonds is 6. The van der Waals surface area contributed by atoms with E-state index in [0.717, 1.165) is 26.1 Å². The lowest BCUT2D eigenvalue weighted by molar-refractivity contribution is -0.130. The summed E-state index contributed by atoms with van der Waals surface area (Å²) in [6.45, 7) is 7.42. The maximum atomic E-state index is 12.6. The van der Waals surface area contributed by atoms with Crippen LogP contribution in [0.25, 0.3) is 0 Å². The Morgan fingerprint density at radius 3 is 2.85 bits per heavy atom. The van der Waals surface area contributed by atoms with Crippen LogP contribution in [0.5, 0.6) is 0 Å². The van der Waals surface area contributed by atoms with Gasteiger partial charge in [0.05, 0.1) is 0 Å². The minimum atomic E-state index is 0.0835. The Kier molecular flexibility index (Phi) is 6.87. The number of carbonyl (C=O) groups excluding carboxylic acids is 1. The van der Waals surface area contributed by atoms with Gasteiger partial charge in [-0.3, -0.25) is 4.79 Å². The van der Waals surface area contributed by atoms with Crippen LogP contribution in [-0.2, 0) is 17.8 Å². The summed E-state index contributed by atoms with van der Waals surface area (Å²) in [4.78, 5) is 20.4. The molecule has 2 aromatic rings. The number of aliphatic imine (C=N–C) groups is 1. The Balaban J connectivity index is 1.53. The molecule has 0 fully saturated rings. The number of hydrogen-bond donors (Lipinski definition) is 2. The molecule has 0 bridgehead atoms. The minimum absolute atomic E-state index is 0.0835. The molecule has 1 aromatic carbocycles. The smallest absolute Gasteiger partial charge is 0.244 e. The van der Waals surface area contributed by atoms with Gasteiger partial charge in [0.15, 0.2) is 5.96 Å². The summed E-state index contributed by atoms with van der Waals surface area (Å²) in [6.07, 6.45) is 0.954. The second kappa shape index (κ2) is 9.55. The van der Waals surface area contributed by atoms with E-state index in [1.54, 1.807) is 11.3 Å². The number of hydrogen-bond acceptors (Lipinski definition) is 3. The summed E-state index contributed by atoms with van der Waals surface area (Å²) >= 11 is 1.79. The van der Waals surface area contributed by atoms with Crippen molar-refractivity contribution in [2.75, 3.05) is 26.2 Å². The van der Waals surface area contributed by atoms with Gasteiger partial charge in [-0.1, -0.05) is 37.3 Å². The van der Waals surface area contributed by atoms with Crippen molar-refractivity contribution in [2.45, 2.75) is 32.7 Å². The van der Waals surface area contributed by atoms with Crippen LogP contribution in [0.2, 0.25) is 0 Å². The molecule has 2 heterocycles. The molecule has 3 rings (SSSR count). The van der Waals surface area contributed by atoms with Crippen LogP contribution in [0, 0.1) is 0 Å². The van der Waals surface area contributed by atoms with Gasteiger partial charge in [-0.15, -0.1) is 11.3 Å². The molecule has 0 saturated heterocycles. The molecular weight excluding hydrogens is 356 g/mol. The average Bonchev–Trinajstić information content (AvgIpc) is 3.18. The largest absolute Gasteiger partial charge is 0.357 e. The SMILES string of the molecule is CCNC(=NCC(=O)N1CCc2sccc2C1)NCC(C)c1ccccc1. The maximum absolute atomic E-state index is 12.6. The highest BCUT2D eigenvalue weighted by Crippen LogP contribution is 2.23. The van der Waals surface area contributed by atoms with E-state index >= 15 is 0 Å². The molecule has 0 radical (unpaired) electrons. The van der Waals surface area contributed by atoms with Crippen LogP contribution >= 0.6 is 11.3 Å². The Morgan fingerprint density at radius 2 is 2.07 bits per heavy atom. The third-order valence-electron chi connectivity index (χ3n) is 4.82. The Bertz CT molecular complexity index is 771. The van der Waals surface area contributed by atoms with Crippen LogP contribution < -0.4 is 10.6 Å². The molecule has 1 amide bonds. The average molecular weight is 385 g/mol. The monoisotopic (exact) mass is 384 g/mol. The number of fused-ring (bicyclic) bond motifs is 1. The van der Waals surface area contributed by atoms with Gasteiger partial charge < -0.3 is 15.5 Å². The quantitative estimate of drug-likeness (QED) is 0.595. The number of thiophene rings is 1. The second-order valence-electron chi connectivity index (χ2n) is 6.82. The normalized spacial score (nSPS) is 15.2. The fourth-order valence-corrected chi connectivity index (χ4v) is 4.09. The summed E-state index contributed by atoms with van der Waals surface area (Å²) in [5, 5.41) is 8.70. The molecule has 1 aromatic heterocycles. The third-order valence-corrected chi connectivity index (χ3v) is 5.84. The van der Waals surface area contributed by atoms with Gasteiger partial charge in [0.1, 0.15) is 6.54 Å². The van der Waals surface area contributed by atoms with E-state index in [1.807, 2.05) is 17.9 Å². The van der Waals surface area contributed by atoms with Crippen LogP contribution in [0.1, 0.15) is 35.8 Å². The van der Waals surface area contributed by atoms with Crippen LogP contribution in [0.15, 0.2) is 46.8 Å². The van der Waals surface area contributed by atoms with Crippen molar-refractivity contribution >= 4 is 23.2 Å². The van der Waals surface area contributed by atoms with Crippen molar-refractivity contribution in [3.63, 3.8) is 0 Å². The van der Waals surface area contributed by atoms with E-state index < -0.39 is 0 Å². The van der Waals surface area contributed by atoms with Crippen molar-refractivity contribution in [3.05, 3.63) is 57.8 Å². The Morgan fingerprint density at radius 1 is 1.26 bits per heavy atom. The van der Waals surface area contributed by atoms with Gasteiger partial charge in [0.2, 0.25) is 5.91 Å². The summed E-state index contributed by atoms with van der Waals surface area (Å²) in [6, 6.07) is 12.5. The standard InChI is InChI=1S/C21H28N4OS/c1-3-22-21(23-13-16(2)17-7-5-4-6-8-17)24-14-20(26)25-11-9-19-18(15-25)10-12-27-19/h4-8,10,12,16H,3,9,11,13-15H2,1-2H3,(H2,22,23,24). The van der Waals surface area contributed by atoms with Gasteiger partial charge in [-0.2, -0.15) is 0 Å². The molecule has 6 heteroatoms. The lowest BCUT2D eigenvalue weighted by Gasteiger charge is -2.26. The molecule has 1 atom stereocenters. The first kappa shape index (κ1) is 19.4. The highest BCUT2D eigenvalue weighted by atomic mass is 32.1. The number of benzene rings is 1. The van der Waals surface area contributed by atoms with E-state index in [4.69, 9.17) is 0 Å². The fraction of sp³-hybridized carbons (Fsp3) is 0.429. The summed E-state index contributed by atoms with van der Waals surface area (Å²) in [5.74, 6) is 1.15. The van der Waals surface area contributed by atoms with E-state index in [2.05, 4.69) is 58.3 Å². The summed E-state index contributed by atoms with van der Waals surface area (Å²) < 4.78 is 0. The second-order valence-corrected chi connectivity index (χ2v) is 7.82. The molecule has 0 spiro atoms. The Labute approximate surface area is 165 Å². The number of nitrogens with zero attached hydrogens (tertiary/aromatic N) is 2. The van der Waals surface area contributed by atoms with Crippen molar-refractivity contribution in [1.82, 2.24) is 15.5 Å². The molecule has 1 aliphatic rings. The molecule has 5 nitrogen and oxygen atoms in total. The molecule has 144 valence electrons. The van der Waals surface area contributed by atoms with Gasteiger partial charge in [-0.05, 0) is 41.8 Å². The van der Waals surface area contributed by atoms with E-state index in [9.17, 15) is 4.79 Å². The van der Waals surface area contributed by atoms with Crippen LogP contribution in [0.4, 0.5) is 0 Å². The van der Waals surface area contributed by atoms with E-state index in [0.29, 0.717) is 18.4 Å². The van der Waals surface area contributed by atoms with E-state index in [-0.39, 0.29) is 12.5 Å². The van der Waals surface area contributed by atoms with Crippen molar-refractivity contribution < 1.29 is 4.79 Å². The Hall–Kier alpha value is -2.34. The number of nitrogens with one attached hydrogen (secondary N) is 2. The first-order valence-electron chi connectivity index (χ1n) is 9.57. The molecule has 2 N–H and O–H groups in total. The first-order valence-corrected chi connectivity index (χ1v) is 10.5. The topological polar surface area (TPSA) is 56.7 Å². The zero-order chi connectivity index (χ0) is 19.1. The van der Waals surface area contributed by atoms with E-state index in [1.165, 1.54) is 16.0 Å². The third kappa shape index (κ3) is 5.32. The number of guanidine groups is 1. The lowest BCUT2D eigenvalue weighted by atomic mass is 10.0. The van der Waals surface area contributed by atoms with Crippen molar-refractivity contribution in [3.8, 4) is 0 Å². The molecule has 1 aliphatic heterocycles. The zero-order valence-corrected chi connectivity index (χ0v) is 16.9. The molecule has 0 aliphatic carbocycles. The summed E-state index contributed by atoms with van der Waals surface area (Å²) in [7, 11) is 0. The molecule has 0 saturated carbocycles. The van der Waals surface area contributed by atoms with Crippen LogP contribution in [-0.4, -0.2) is 42.9 Å². The highest BCUT2D eigenvalue weighted by molar-refractivity contribution is 7.10. The zero-order valence-electron chi connectivity index (χ0n) is 16.1. The first-order chi connectivity index (χ1) is 13.2. The van der Waals surface area contributed by atoms with Gasteiger partial charge in [0, 0.05) is 31.1 Å². The molecule has 1 unspecified atom stereocenters. The van der Waals surface area contributed by atoms with Gasteiger partial charge in [0.25, 0.3) is 0 Å². The molecule has 27 heavy (non-hydrogen) atoms. The maximum Gasteiger partial charge on any atom is 0.244 e. The molecular formula is C21H28N4OS. The predicted molar refractivity (Wildman–Crippen MR) is 112 cm³/mol. The number of carbonyl (C=O) groups is 1. The van der Waals surface area contributed by atoms with Gasteiger partial charge in [-0.25, -0.2) is 4.99 Å². The van der Waals surface area contributed by atoms with Gasteiger partial charge >= 0.3 is 0 Å². The lowest BCUT2D eigenvalue weighted by Crippen LogP contribution is -2.41. The fourth-order valence-electron chi connectivity index (χ4n) is 3.20. The number of amides is 1. The highest BCUT2D eigenvalue weighted by Gasteiger charge is 2.21. The predicted octanol–water partition coefficient (Wildman–Crippen LogP) is 2.99. The van der Waals surface area contributed by atoms with Crippen molar-refractivity contribution in [1.29, 1.82) is 0 Å².